The quantitative estimate of drug-likeness (QED) is 0.115. The van der Waals surface area contributed by atoms with Crippen LogP contribution in [0.15, 0.2) is 0 Å². The summed E-state index contributed by atoms with van der Waals surface area (Å²) >= 11 is 0.993. The summed E-state index contributed by atoms with van der Waals surface area (Å²) in [4.78, 5) is 51.2. The lowest BCUT2D eigenvalue weighted by Crippen LogP contribution is -2.55. The first kappa shape index (κ1) is 28.5. The average Bonchev–Trinajstić information content (AvgIpc) is 3.03. The van der Waals surface area contributed by atoms with Crippen LogP contribution in [0, 0.1) is 17.3 Å². The fraction of sp³-hybridized carbons (Fsp3) is 0.789. The molecule has 2 unspecified atom stereocenters. The first-order valence-corrected chi connectivity index (χ1v) is 13.3. The first-order chi connectivity index (χ1) is 15.1. The van der Waals surface area contributed by atoms with Crippen molar-refractivity contribution >= 4 is 43.2 Å². The molecule has 0 aromatic carbocycles. The Balaban J connectivity index is 2.60. The molecule has 0 bridgehead atoms. The molecule has 1 aliphatic rings. The van der Waals surface area contributed by atoms with Crippen molar-refractivity contribution < 1.29 is 42.8 Å². The van der Waals surface area contributed by atoms with Gasteiger partial charge in [-0.3, -0.25) is 14.4 Å². The number of ether oxygens (including phenoxy) is 2. The number of carbonyl (C=O) groups is 4. The van der Waals surface area contributed by atoms with E-state index in [-0.39, 0.29) is 62.8 Å². The fourth-order valence-corrected chi connectivity index (χ4v) is 5.55. The number of alkyl carbamates (subject to hydrolysis) is 1. The Labute approximate surface area is 192 Å². The Kier molecular flexibility index (Phi) is 12.4. The van der Waals surface area contributed by atoms with Crippen molar-refractivity contribution in [3.05, 3.63) is 0 Å². The number of aliphatic hydroxyl groups excluding tert-OH is 1. The number of nitrogens with zero attached hydrogens (tertiary/aromatic N) is 1. The van der Waals surface area contributed by atoms with Crippen LogP contribution in [0.25, 0.3) is 0 Å². The van der Waals surface area contributed by atoms with Gasteiger partial charge in [0.1, 0.15) is 14.0 Å². The van der Waals surface area contributed by atoms with Crippen molar-refractivity contribution in [2.75, 3.05) is 31.7 Å². The van der Waals surface area contributed by atoms with E-state index < -0.39 is 37.0 Å². The second kappa shape index (κ2) is 13.9. The number of halogens is 1. The van der Waals surface area contributed by atoms with E-state index in [1.807, 2.05) is 27.7 Å². The standard InChI is InChI=1S/C19H32FN2O8PS/c1-13(2)19(14(3)4,17(26)30-22-15(24)5-6-16(22)25)11-21-18(27)29-8-10-32-31(20)9-7-28-12-23/h12-14,17,26H,5-11H2,1-4H3,(H,21,27). The Morgan fingerprint density at radius 2 is 1.84 bits per heavy atom. The highest BCUT2D eigenvalue weighted by Gasteiger charge is 2.48. The van der Waals surface area contributed by atoms with Crippen molar-refractivity contribution in [2.24, 2.45) is 17.3 Å². The predicted octanol–water partition coefficient (Wildman–Crippen LogP) is 2.60. The van der Waals surface area contributed by atoms with Crippen LogP contribution in [0.1, 0.15) is 40.5 Å². The van der Waals surface area contributed by atoms with Crippen LogP contribution in [0.3, 0.4) is 0 Å². The number of hydrogen-bond acceptors (Lipinski definition) is 9. The van der Waals surface area contributed by atoms with E-state index >= 15 is 0 Å². The molecule has 1 aliphatic heterocycles. The Morgan fingerprint density at radius 3 is 2.38 bits per heavy atom. The van der Waals surface area contributed by atoms with Crippen molar-refractivity contribution in [1.82, 2.24) is 10.4 Å². The Hall–Kier alpha value is -1.49. The second-order valence-electron chi connectivity index (χ2n) is 7.79. The van der Waals surface area contributed by atoms with E-state index in [9.17, 15) is 28.5 Å². The van der Waals surface area contributed by atoms with Crippen LogP contribution in [0.2, 0.25) is 0 Å². The number of aliphatic hydroxyl groups is 1. The van der Waals surface area contributed by atoms with E-state index in [0.717, 1.165) is 11.4 Å². The third-order valence-electron chi connectivity index (χ3n) is 5.36. The zero-order valence-corrected chi connectivity index (χ0v) is 20.5. The third kappa shape index (κ3) is 8.13. The van der Waals surface area contributed by atoms with Crippen molar-refractivity contribution in [3.8, 4) is 0 Å². The fourth-order valence-electron chi connectivity index (χ4n) is 3.39. The van der Waals surface area contributed by atoms with Gasteiger partial charge in [0.05, 0.1) is 6.61 Å². The van der Waals surface area contributed by atoms with E-state index in [1.165, 1.54) is 0 Å². The van der Waals surface area contributed by atoms with Gasteiger partial charge in [0.25, 0.3) is 18.3 Å². The Bertz CT molecular complexity index is 631. The Morgan fingerprint density at radius 1 is 1.25 bits per heavy atom. The monoisotopic (exact) mass is 498 g/mol. The lowest BCUT2D eigenvalue weighted by molar-refractivity contribution is -0.291. The minimum atomic E-state index is -1.88. The molecule has 0 spiro atoms. The molecule has 2 atom stereocenters. The normalized spacial score (nSPS) is 16.4. The molecule has 3 amide bonds. The molecule has 1 saturated heterocycles. The van der Waals surface area contributed by atoms with Gasteiger partial charge < -0.3 is 19.9 Å². The van der Waals surface area contributed by atoms with Crippen molar-refractivity contribution in [2.45, 2.75) is 46.8 Å². The van der Waals surface area contributed by atoms with Crippen LogP contribution in [-0.2, 0) is 28.7 Å². The summed E-state index contributed by atoms with van der Waals surface area (Å²) in [7, 11) is -1.88. The summed E-state index contributed by atoms with van der Waals surface area (Å²) in [6.07, 6.45) is -2.13. The van der Waals surface area contributed by atoms with Crippen LogP contribution in [0.5, 0.6) is 0 Å². The van der Waals surface area contributed by atoms with E-state index in [0.29, 0.717) is 5.06 Å². The summed E-state index contributed by atoms with van der Waals surface area (Å²) in [5.41, 5.74) is -1.03. The van der Waals surface area contributed by atoms with Crippen LogP contribution in [0.4, 0.5) is 8.99 Å². The van der Waals surface area contributed by atoms with E-state index in [2.05, 4.69) is 10.1 Å². The van der Waals surface area contributed by atoms with Crippen LogP contribution in [-0.4, -0.2) is 72.5 Å². The topological polar surface area (TPSA) is 131 Å². The first-order valence-electron chi connectivity index (χ1n) is 10.3. The predicted molar refractivity (Wildman–Crippen MR) is 117 cm³/mol. The highest BCUT2D eigenvalue weighted by atomic mass is 32.7. The van der Waals surface area contributed by atoms with Gasteiger partial charge in [-0.25, -0.2) is 13.8 Å². The van der Waals surface area contributed by atoms with E-state index in [4.69, 9.17) is 9.57 Å². The molecule has 1 rings (SSSR count). The summed E-state index contributed by atoms with van der Waals surface area (Å²) < 4.78 is 23.1. The van der Waals surface area contributed by atoms with Gasteiger partial charge in [-0.05, 0) is 11.8 Å². The van der Waals surface area contributed by atoms with Gasteiger partial charge in [0.2, 0.25) is 0 Å². The molecule has 0 aliphatic carbocycles. The summed E-state index contributed by atoms with van der Waals surface area (Å²) in [5.74, 6) is -1.22. The third-order valence-corrected chi connectivity index (χ3v) is 8.46. The molecule has 10 nitrogen and oxygen atoms in total. The second-order valence-corrected chi connectivity index (χ2v) is 11.5. The molecule has 0 aromatic rings. The number of imide groups is 1. The van der Waals surface area contributed by atoms with Crippen LogP contribution >= 0.6 is 18.8 Å². The maximum absolute atomic E-state index is 13.6. The molecular weight excluding hydrogens is 466 g/mol. The minimum Gasteiger partial charge on any atom is -0.467 e. The van der Waals surface area contributed by atoms with Gasteiger partial charge in [0, 0.05) is 36.7 Å². The molecule has 0 saturated carbocycles. The van der Waals surface area contributed by atoms with Crippen molar-refractivity contribution in [3.63, 3.8) is 0 Å². The largest absolute Gasteiger partial charge is 0.467 e. The van der Waals surface area contributed by atoms with Gasteiger partial charge in [0.15, 0.2) is 6.29 Å². The maximum atomic E-state index is 13.6. The number of rotatable bonds is 15. The summed E-state index contributed by atoms with van der Waals surface area (Å²) in [5, 5.41) is 14.0. The van der Waals surface area contributed by atoms with Gasteiger partial charge in [-0.15, -0.1) is 0 Å². The number of hydroxylamine groups is 2. The number of hydrogen-bond donors (Lipinski definition) is 2. The lowest BCUT2D eigenvalue weighted by Gasteiger charge is -2.44. The van der Waals surface area contributed by atoms with Gasteiger partial charge >= 0.3 is 6.09 Å². The minimum absolute atomic E-state index is 0.00551. The maximum Gasteiger partial charge on any atom is 0.407 e. The SMILES string of the molecule is CC(C)C(CNC(=O)OCCSP(F)CCOC=O)(C(C)C)C(O)ON1C(=O)CCC1=O. The van der Waals surface area contributed by atoms with Gasteiger partial charge in [-0.1, -0.05) is 39.1 Å². The molecular formula is C19H32FN2O8PS. The molecule has 0 aromatic heterocycles. The van der Waals surface area contributed by atoms with Crippen molar-refractivity contribution in [1.29, 1.82) is 0 Å². The van der Waals surface area contributed by atoms with Gasteiger partial charge in [-0.2, -0.15) is 5.06 Å². The highest BCUT2D eigenvalue weighted by Crippen LogP contribution is 2.50. The zero-order chi connectivity index (χ0) is 24.3. The molecule has 2 N–H and O–H groups in total. The zero-order valence-electron chi connectivity index (χ0n) is 18.7. The summed E-state index contributed by atoms with van der Waals surface area (Å²) in [6, 6.07) is 0. The number of carbonyl (C=O) groups excluding carboxylic acids is 4. The lowest BCUT2D eigenvalue weighted by atomic mass is 9.68. The smallest absolute Gasteiger partial charge is 0.407 e. The molecule has 1 heterocycles. The number of amides is 3. The summed E-state index contributed by atoms with van der Waals surface area (Å²) in [6.45, 7) is 7.54. The molecule has 1 fully saturated rings. The molecule has 13 heteroatoms. The average molecular weight is 499 g/mol. The molecule has 184 valence electrons. The molecule has 0 radical (unpaired) electrons. The number of nitrogens with one attached hydrogen (secondary N) is 1. The molecule has 32 heavy (non-hydrogen) atoms. The van der Waals surface area contributed by atoms with Crippen LogP contribution < -0.4 is 5.32 Å². The highest BCUT2D eigenvalue weighted by molar-refractivity contribution is 8.54. The van der Waals surface area contributed by atoms with E-state index in [1.54, 1.807) is 0 Å².